The number of halogens is 2. The summed E-state index contributed by atoms with van der Waals surface area (Å²) in [6, 6.07) is 13.9. The topological polar surface area (TPSA) is 73.4 Å². The molecule has 5 rings (SSSR count). The highest BCUT2D eigenvalue weighted by Crippen LogP contribution is 2.33. The summed E-state index contributed by atoms with van der Waals surface area (Å²) in [5.41, 5.74) is 3.06. The Kier molecular flexibility index (Phi) is 5.26. The summed E-state index contributed by atoms with van der Waals surface area (Å²) in [6.45, 7) is 3.01. The maximum atomic E-state index is 13.5. The number of aryl methyl sites for hydroxylation is 1. The molecular weight excluding hydrogens is 479 g/mol. The second kappa shape index (κ2) is 8.23. The number of hydrogen-bond donors (Lipinski definition) is 0. The molecule has 0 aliphatic carbocycles. The molecule has 0 saturated heterocycles. The van der Waals surface area contributed by atoms with Crippen LogP contribution in [0.15, 0.2) is 63.7 Å². The third-order valence-electron chi connectivity index (χ3n) is 5.24. The van der Waals surface area contributed by atoms with Crippen molar-refractivity contribution in [1.82, 2.24) is 14.7 Å². The van der Waals surface area contributed by atoms with Crippen molar-refractivity contribution in [3.8, 4) is 28.7 Å². The molecule has 32 heavy (non-hydrogen) atoms. The molecule has 3 heterocycles. The lowest BCUT2D eigenvalue weighted by atomic mass is 10.1. The lowest BCUT2D eigenvalue weighted by molar-refractivity contribution is -0.119. The van der Waals surface area contributed by atoms with Crippen LogP contribution in [0.4, 0.5) is 10.1 Å². The van der Waals surface area contributed by atoms with Crippen LogP contribution in [0.25, 0.3) is 23.0 Å². The van der Waals surface area contributed by atoms with Gasteiger partial charge in [0.05, 0.1) is 16.7 Å². The molecule has 1 amide bonds. The van der Waals surface area contributed by atoms with Crippen molar-refractivity contribution in [2.75, 3.05) is 18.1 Å². The molecule has 0 radical (unpaired) electrons. The quantitative estimate of drug-likeness (QED) is 0.404. The van der Waals surface area contributed by atoms with E-state index in [4.69, 9.17) is 9.26 Å². The average Bonchev–Trinajstić information content (AvgIpc) is 3.44. The Balaban J connectivity index is 1.39. The van der Waals surface area contributed by atoms with Gasteiger partial charge in [0.15, 0.2) is 0 Å². The van der Waals surface area contributed by atoms with E-state index >= 15 is 0 Å². The molecule has 162 valence electrons. The summed E-state index contributed by atoms with van der Waals surface area (Å²) < 4.78 is 26.7. The molecule has 7 nitrogen and oxygen atoms in total. The predicted molar refractivity (Wildman–Crippen MR) is 120 cm³/mol. The third-order valence-corrected chi connectivity index (χ3v) is 5.84. The predicted octanol–water partition coefficient (Wildman–Crippen LogP) is 4.84. The summed E-state index contributed by atoms with van der Waals surface area (Å²) in [5.74, 6) is 0.869. The van der Waals surface area contributed by atoms with Crippen LogP contribution in [0.2, 0.25) is 0 Å². The fourth-order valence-corrected chi connectivity index (χ4v) is 4.02. The number of carbonyl (C=O) groups is 1. The van der Waals surface area contributed by atoms with E-state index in [-0.39, 0.29) is 24.2 Å². The number of carbonyl (C=O) groups excluding carboxylic acids is 1. The van der Waals surface area contributed by atoms with Crippen LogP contribution in [-0.2, 0) is 11.3 Å². The number of benzene rings is 2. The van der Waals surface area contributed by atoms with Gasteiger partial charge in [-0.2, -0.15) is 4.98 Å². The van der Waals surface area contributed by atoms with Gasteiger partial charge in [0.1, 0.15) is 30.4 Å². The van der Waals surface area contributed by atoms with E-state index in [1.807, 2.05) is 37.3 Å². The number of amides is 1. The van der Waals surface area contributed by atoms with Crippen LogP contribution in [0.5, 0.6) is 5.75 Å². The second-order valence-corrected chi connectivity index (χ2v) is 8.29. The van der Waals surface area contributed by atoms with E-state index < -0.39 is 0 Å². The lowest BCUT2D eigenvalue weighted by Gasteiger charge is -2.30. The molecule has 1 aliphatic rings. The van der Waals surface area contributed by atoms with Crippen LogP contribution in [0, 0.1) is 12.7 Å². The van der Waals surface area contributed by atoms with Gasteiger partial charge in [0, 0.05) is 11.8 Å². The highest BCUT2D eigenvalue weighted by Gasteiger charge is 2.25. The van der Waals surface area contributed by atoms with Crippen LogP contribution in [-0.4, -0.2) is 33.8 Å². The Morgan fingerprint density at radius 1 is 1.22 bits per heavy atom. The normalized spacial score (nSPS) is 13.0. The van der Waals surface area contributed by atoms with Crippen molar-refractivity contribution in [2.24, 2.45) is 0 Å². The van der Waals surface area contributed by atoms with Crippen molar-refractivity contribution in [2.45, 2.75) is 13.5 Å². The summed E-state index contributed by atoms with van der Waals surface area (Å²) >= 11 is 3.17. The first-order valence-corrected chi connectivity index (χ1v) is 10.8. The minimum Gasteiger partial charge on any atom is -0.490 e. The smallest absolute Gasteiger partial charge is 0.274 e. The number of aromatic nitrogens is 3. The fraction of sp³-hybridized carbons (Fsp3) is 0.174. The van der Waals surface area contributed by atoms with Crippen LogP contribution < -0.4 is 9.64 Å². The Morgan fingerprint density at radius 3 is 2.94 bits per heavy atom. The zero-order valence-electron chi connectivity index (χ0n) is 17.1. The fourth-order valence-electron chi connectivity index (χ4n) is 3.64. The van der Waals surface area contributed by atoms with Crippen molar-refractivity contribution < 1.29 is 18.4 Å². The van der Waals surface area contributed by atoms with Gasteiger partial charge in [-0.3, -0.25) is 4.79 Å². The van der Waals surface area contributed by atoms with Crippen LogP contribution in [0.3, 0.4) is 0 Å². The summed E-state index contributed by atoms with van der Waals surface area (Å²) in [7, 11) is 0. The molecular formula is C23H18BrFN4O3. The van der Waals surface area contributed by atoms with Crippen molar-refractivity contribution in [1.29, 1.82) is 0 Å². The van der Waals surface area contributed by atoms with E-state index in [1.54, 1.807) is 27.8 Å². The van der Waals surface area contributed by atoms with Gasteiger partial charge in [-0.05, 0) is 70.9 Å². The first-order valence-electron chi connectivity index (χ1n) is 9.98. The van der Waals surface area contributed by atoms with E-state index in [2.05, 4.69) is 26.1 Å². The standard InChI is InChI=1S/C23H18BrFN4O3/c1-14-4-7-20-19(11-14)29(9-10-31-20)21(30)13-28-8-2-3-18(28)23-26-22(27-32-23)15-5-6-17(25)16(24)12-15/h2-8,11-12H,9-10,13H2,1H3. The molecule has 0 bridgehead atoms. The first kappa shape index (κ1) is 20.4. The van der Waals surface area contributed by atoms with Gasteiger partial charge < -0.3 is 18.7 Å². The van der Waals surface area contributed by atoms with Gasteiger partial charge in [0.25, 0.3) is 5.89 Å². The highest BCUT2D eigenvalue weighted by atomic mass is 79.9. The molecule has 1 aliphatic heterocycles. The van der Waals surface area contributed by atoms with Crippen molar-refractivity contribution in [3.05, 3.63) is 70.6 Å². The molecule has 4 aromatic rings. The van der Waals surface area contributed by atoms with Gasteiger partial charge in [-0.15, -0.1) is 0 Å². The largest absolute Gasteiger partial charge is 0.490 e. The molecule has 0 atom stereocenters. The average molecular weight is 497 g/mol. The lowest BCUT2D eigenvalue weighted by Crippen LogP contribution is -2.39. The second-order valence-electron chi connectivity index (χ2n) is 7.44. The number of nitrogens with zero attached hydrogens (tertiary/aromatic N) is 4. The number of rotatable bonds is 4. The van der Waals surface area contributed by atoms with E-state index in [0.717, 1.165) is 11.3 Å². The number of anilines is 1. The summed E-state index contributed by atoms with van der Waals surface area (Å²) in [4.78, 5) is 19.3. The SMILES string of the molecule is Cc1ccc2c(c1)N(C(=O)Cn1cccc1-c1nc(-c3ccc(F)c(Br)c3)no1)CCO2. The molecule has 0 saturated carbocycles. The van der Waals surface area contributed by atoms with Gasteiger partial charge in [0.2, 0.25) is 11.7 Å². The van der Waals surface area contributed by atoms with Crippen LogP contribution in [0.1, 0.15) is 5.56 Å². The number of hydrogen-bond acceptors (Lipinski definition) is 5. The van der Waals surface area contributed by atoms with Crippen molar-refractivity contribution in [3.63, 3.8) is 0 Å². The molecule has 0 unspecified atom stereocenters. The van der Waals surface area contributed by atoms with Crippen molar-refractivity contribution >= 4 is 27.5 Å². The first-order chi connectivity index (χ1) is 15.5. The summed E-state index contributed by atoms with van der Waals surface area (Å²) in [6.07, 6.45) is 1.79. The Bertz CT molecular complexity index is 1320. The Hall–Kier alpha value is -3.46. The van der Waals surface area contributed by atoms with Gasteiger partial charge in [-0.1, -0.05) is 11.2 Å². The molecule has 0 spiro atoms. The van der Waals surface area contributed by atoms with Gasteiger partial charge >= 0.3 is 0 Å². The maximum Gasteiger partial charge on any atom is 0.274 e. The zero-order chi connectivity index (χ0) is 22.2. The Labute approximate surface area is 191 Å². The van der Waals surface area contributed by atoms with E-state index in [1.165, 1.54) is 6.07 Å². The molecule has 9 heteroatoms. The number of fused-ring (bicyclic) bond motifs is 1. The van der Waals surface area contributed by atoms with Crippen LogP contribution >= 0.6 is 15.9 Å². The maximum absolute atomic E-state index is 13.5. The monoisotopic (exact) mass is 496 g/mol. The molecule has 2 aromatic carbocycles. The highest BCUT2D eigenvalue weighted by molar-refractivity contribution is 9.10. The molecule has 2 aromatic heterocycles. The van der Waals surface area contributed by atoms with E-state index in [0.29, 0.717) is 40.5 Å². The van der Waals surface area contributed by atoms with Gasteiger partial charge in [-0.25, -0.2) is 4.39 Å². The minimum absolute atomic E-state index is 0.0696. The summed E-state index contributed by atoms with van der Waals surface area (Å²) in [5, 5.41) is 4.01. The Morgan fingerprint density at radius 2 is 2.09 bits per heavy atom. The molecule has 0 N–H and O–H groups in total. The zero-order valence-corrected chi connectivity index (χ0v) is 18.7. The third kappa shape index (κ3) is 3.80. The number of ether oxygens (including phenoxy) is 1. The van der Waals surface area contributed by atoms with E-state index in [9.17, 15) is 9.18 Å². The minimum atomic E-state index is -0.371. The molecule has 0 fully saturated rings.